The van der Waals surface area contributed by atoms with Crippen molar-refractivity contribution < 1.29 is 9.53 Å². The lowest BCUT2D eigenvalue weighted by Crippen LogP contribution is -2.24. The summed E-state index contributed by atoms with van der Waals surface area (Å²) in [6.45, 7) is 6.23. The normalized spacial score (nSPS) is 21.4. The Hall–Kier alpha value is -1.25. The molecule has 0 bridgehead atoms. The lowest BCUT2D eigenvalue weighted by Gasteiger charge is -2.26. The number of rotatable bonds is 2. The lowest BCUT2D eigenvalue weighted by atomic mass is 9.96. The third-order valence-corrected chi connectivity index (χ3v) is 2.61. The minimum absolute atomic E-state index is 0.159. The highest BCUT2D eigenvalue weighted by Gasteiger charge is 2.23. The van der Waals surface area contributed by atoms with E-state index < -0.39 is 0 Å². The first-order chi connectivity index (χ1) is 6.57. The van der Waals surface area contributed by atoms with Gasteiger partial charge in [0, 0.05) is 18.9 Å². The van der Waals surface area contributed by atoms with Gasteiger partial charge in [-0.25, -0.2) is 0 Å². The first kappa shape index (κ1) is 10.8. The Kier molecular flexibility index (Phi) is 3.33. The Morgan fingerprint density at radius 3 is 2.79 bits per heavy atom. The monoisotopic (exact) mass is 195 g/mol. The number of hydrogen-bond acceptors (Lipinski definition) is 3. The van der Waals surface area contributed by atoms with Crippen molar-refractivity contribution in [3.05, 3.63) is 23.5 Å². The van der Waals surface area contributed by atoms with Crippen LogP contribution in [0.1, 0.15) is 20.8 Å². The van der Waals surface area contributed by atoms with Crippen LogP contribution < -0.4 is 0 Å². The molecule has 14 heavy (non-hydrogen) atoms. The first-order valence-corrected chi connectivity index (χ1v) is 4.83. The summed E-state index contributed by atoms with van der Waals surface area (Å²) in [7, 11) is 1.97. The van der Waals surface area contributed by atoms with Gasteiger partial charge in [-0.2, -0.15) is 0 Å². The maximum Gasteiger partial charge on any atom is 0.317 e. The van der Waals surface area contributed by atoms with E-state index in [1.807, 2.05) is 45.0 Å². The van der Waals surface area contributed by atoms with Crippen LogP contribution in [0.2, 0.25) is 0 Å². The summed E-state index contributed by atoms with van der Waals surface area (Å²) >= 11 is 0. The zero-order valence-corrected chi connectivity index (χ0v) is 9.20. The van der Waals surface area contributed by atoms with E-state index in [1.165, 1.54) is 0 Å². The van der Waals surface area contributed by atoms with E-state index in [-0.39, 0.29) is 11.9 Å². The Bertz CT molecular complexity index is 292. The molecule has 1 rings (SSSR count). The molecular formula is C11H17NO2. The number of hydrogen-bond donors (Lipinski definition) is 0. The van der Waals surface area contributed by atoms with Crippen LogP contribution >= 0.6 is 0 Å². The summed E-state index contributed by atoms with van der Waals surface area (Å²) in [6, 6.07) is 0. The fourth-order valence-electron chi connectivity index (χ4n) is 1.46. The van der Waals surface area contributed by atoms with Crippen LogP contribution in [-0.2, 0) is 9.53 Å². The lowest BCUT2D eigenvalue weighted by molar-refractivity contribution is -0.145. The van der Waals surface area contributed by atoms with E-state index in [0.29, 0.717) is 6.61 Å². The van der Waals surface area contributed by atoms with Crippen molar-refractivity contribution in [3.8, 4) is 0 Å². The van der Waals surface area contributed by atoms with Gasteiger partial charge in [-0.15, -0.1) is 0 Å². The molecule has 0 saturated carbocycles. The Morgan fingerprint density at radius 1 is 1.57 bits per heavy atom. The molecular weight excluding hydrogens is 178 g/mol. The average molecular weight is 195 g/mol. The van der Waals surface area contributed by atoms with Crippen LogP contribution in [0.5, 0.6) is 0 Å². The Morgan fingerprint density at radius 2 is 2.21 bits per heavy atom. The number of nitrogens with zero attached hydrogens (tertiary/aromatic N) is 1. The molecule has 3 nitrogen and oxygen atoms in total. The number of esters is 1. The van der Waals surface area contributed by atoms with E-state index >= 15 is 0 Å². The molecule has 0 spiro atoms. The molecule has 0 aliphatic carbocycles. The van der Waals surface area contributed by atoms with Gasteiger partial charge >= 0.3 is 5.97 Å². The molecule has 0 aromatic carbocycles. The second-order valence-electron chi connectivity index (χ2n) is 3.45. The zero-order chi connectivity index (χ0) is 10.7. The van der Waals surface area contributed by atoms with Gasteiger partial charge in [-0.3, -0.25) is 4.79 Å². The smallest absolute Gasteiger partial charge is 0.317 e. The molecule has 1 aliphatic heterocycles. The quantitative estimate of drug-likeness (QED) is 0.630. The van der Waals surface area contributed by atoms with Gasteiger partial charge in [0.05, 0.1) is 12.5 Å². The summed E-state index contributed by atoms with van der Waals surface area (Å²) in [5.74, 6) is -0.361. The van der Waals surface area contributed by atoms with E-state index in [2.05, 4.69) is 0 Å². The highest BCUT2D eigenvalue weighted by atomic mass is 16.5. The predicted molar refractivity (Wildman–Crippen MR) is 55.4 cm³/mol. The summed E-state index contributed by atoms with van der Waals surface area (Å²) in [6.07, 6.45) is 3.78. The fourth-order valence-corrected chi connectivity index (χ4v) is 1.46. The second kappa shape index (κ2) is 4.31. The van der Waals surface area contributed by atoms with Gasteiger partial charge in [-0.05, 0) is 32.4 Å². The van der Waals surface area contributed by atoms with Crippen LogP contribution in [-0.4, -0.2) is 24.5 Å². The van der Waals surface area contributed by atoms with Gasteiger partial charge in [0.2, 0.25) is 0 Å². The molecule has 78 valence electrons. The SMILES string of the molecule is CCOC(=O)C1C=CN(C)C(C)=C1C. The molecule has 1 aliphatic rings. The fraction of sp³-hybridized carbons (Fsp3) is 0.545. The van der Waals surface area contributed by atoms with Crippen LogP contribution in [0, 0.1) is 5.92 Å². The Balaban J connectivity index is 2.82. The van der Waals surface area contributed by atoms with E-state index in [4.69, 9.17) is 4.74 Å². The number of allylic oxidation sites excluding steroid dienone is 1. The first-order valence-electron chi connectivity index (χ1n) is 4.83. The molecule has 0 fully saturated rings. The third-order valence-electron chi connectivity index (χ3n) is 2.61. The van der Waals surface area contributed by atoms with Crippen LogP contribution in [0.25, 0.3) is 0 Å². The average Bonchev–Trinajstić information content (AvgIpc) is 2.15. The number of carbonyl (C=O) groups is 1. The highest BCUT2D eigenvalue weighted by molar-refractivity contribution is 5.78. The summed E-state index contributed by atoms with van der Waals surface area (Å²) in [5, 5.41) is 0. The Labute approximate surface area is 85.0 Å². The van der Waals surface area contributed by atoms with Crippen LogP contribution in [0.3, 0.4) is 0 Å². The second-order valence-corrected chi connectivity index (χ2v) is 3.45. The van der Waals surface area contributed by atoms with Crippen LogP contribution in [0.15, 0.2) is 23.5 Å². The minimum atomic E-state index is -0.203. The van der Waals surface area contributed by atoms with Crippen molar-refractivity contribution in [1.29, 1.82) is 0 Å². The number of carbonyl (C=O) groups excluding carboxylic acids is 1. The number of ether oxygens (including phenoxy) is 1. The highest BCUT2D eigenvalue weighted by Crippen LogP contribution is 2.24. The standard InChI is InChI=1S/C11H17NO2/c1-5-14-11(13)10-6-7-12(4)9(3)8(10)2/h6-7,10H,5H2,1-4H3. The van der Waals surface area contributed by atoms with Crippen molar-refractivity contribution in [1.82, 2.24) is 4.90 Å². The molecule has 0 aromatic rings. The summed E-state index contributed by atoms with van der Waals surface area (Å²) in [4.78, 5) is 13.5. The molecule has 0 saturated heterocycles. The van der Waals surface area contributed by atoms with Crippen molar-refractivity contribution in [2.45, 2.75) is 20.8 Å². The van der Waals surface area contributed by atoms with Gasteiger partial charge in [-0.1, -0.05) is 0 Å². The topological polar surface area (TPSA) is 29.5 Å². The maximum atomic E-state index is 11.5. The van der Waals surface area contributed by atoms with Gasteiger partial charge < -0.3 is 9.64 Å². The van der Waals surface area contributed by atoms with E-state index in [0.717, 1.165) is 11.3 Å². The van der Waals surface area contributed by atoms with Crippen molar-refractivity contribution in [2.24, 2.45) is 5.92 Å². The molecule has 3 heteroatoms. The molecule has 1 unspecified atom stereocenters. The zero-order valence-electron chi connectivity index (χ0n) is 9.20. The van der Waals surface area contributed by atoms with Crippen molar-refractivity contribution >= 4 is 5.97 Å². The maximum absolute atomic E-state index is 11.5. The largest absolute Gasteiger partial charge is 0.465 e. The van der Waals surface area contributed by atoms with Crippen LogP contribution in [0.4, 0.5) is 0 Å². The van der Waals surface area contributed by atoms with Gasteiger partial charge in [0.25, 0.3) is 0 Å². The third kappa shape index (κ3) is 1.97. The summed E-state index contributed by atoms with van der Waals surface area (Å²) < 4.78 is 4.99. The van der Waals surface area contributed by atoms with E-state index in [9.17, 15) is 4.79 Å². The van der Waals surface area contributed by atoms with Gasteiger partial charge in [0.1, 0.15) is 0 Å². The van der Waals surface area contributed by atoms with Crippen molar-refractivity contribution in [3.63, 3.8) is 0 Å². The van der Waals surface area contributed by atoms with E-state index in [1.54, 1.807) is 0 Å². The molecule has 0 amide bonds. The molecule has 0 N–H and O–H groups in total. The molecule has 1 heterocycles. The van der Waals surface area contributed by atoms with Crippen molar-refractivity contribution in [2.75, 3.05) is 13.7 Å². The predicted octanol–water partition coefficient (Wildman–Crippen LogP) is 1.92. The minimum Gasteiger partial charge on any atom is -0.465 e. The summed E-state index contributed by atoms with van der Waals surface area (Å²) in [5.41, 5.74) is 2.18. The molecule has 1 atom stereocenters. The molecule has 0 radical (unpaired) electrons. The molecule has 0 aromatic heterocycles. The van der Waals surface area contributed by atoms with Gasteiger partial charge in [0.15, 0.2) is 0 Å².